The van der Waals surface area contributed by atoms with E-state index in [4.69, 9.17) is 0 Å². The number of nitrogens with one attached hydrogen (secondary N) is 1. The topological polar surface area (TPSA) is 66.4 Å². The Labute approximate surface area is 128 Å². The lowest BCUT2D eigenvalue weighted by molar-refractivity contribution is -0.147. The smallest absolute Gasteiger partial charge is 0.307 e. The molecule has 2 rings (SSSR count). The van der Waals surface area contributed by atoms with Gasteiger partial charge in [-0.25, -0.2) is 0 Å². The van der Waals surface area contributed by atoms with Crippen molar-refractivity contribution in [2.24, 2.45) is 17.8 Å². The molecule has 0 saturated carbocycles. The zero-order valence-corrected chi connectivity index (χ0v) is 13.1. The van der Waals surface area contributed by atoms with E-state index in [0.717, 1.165) is 4.88 Å². The standard InChI is InChI=1S/C16H21NO3S/c1-10(2)14(13-8-5-9-21-13)17-15(18)11-6-3-4-7-12(11)16(19)20/h3-5,8-12,14H,6-7H2,1-2H3,(H,17,18)(H,19,20)/t11-,12+,14?/m1/s1. The summed E-state index contributed by atoms with van der Waals surface area (Å²) in [4.78, 5) is 24.9. The first-order valence-corrected chi connectivity index (χ1v) is 8.10. The van der Waals surface area contributed by atoms with Crippen LogP contribution in [0.15, 0.2) is 29.7 Å². The number of hydrogen-bond acceptors (Lipinski definition) is 3. The molecule has 0 radical (unpaired) electrons. The van der Waals surface area contributed by atoms with Crippen molar-refractivity contribution in [3.63, 3.8) is 0 Å². The van der Waals surface area contributed by atoms with Gasteiger partial charge >= 0.3 is 5.97 Å². The summed E-state index contributed by atoms with van der Waals surface area (Å²) in [7, 11) is 0. The number of thiophene rings is 1. The van der Waals surface area contributed by atoms with Crippen LogP contribution in [-0.2, 0) is 9.59 Å². The van der Waals surface area contributed by atoms with Crippen molar-refractivity contribution < 1.29 is 14.7 Å². The summed E-state index contributed by atoms with van der Waals surface area (Å²) in [5.74, 6) is -1.88. The van der Waals surface area contributed by atoms with Crippen LogP contribution < -0.4 is 5.32 Å². The lowest BCUT2D eigenvalue weighted by Crippen LogP contribution is -2.41. The van der Waals surface area contributed by atoms with Crippen molar-refractivity contribution in [2.45, 2.75) is 32.7 Å². The fourth-order valence-corrected chi connectivity index (χ4v) is 3.62. The quantitative estimate of drug-likeness (QED) is 0.821. The lowest BCUT2D eigenvalue weighted by atomic mass is 9.82. The van der Waals surface area contributed by atoms with Crippen LogP contribution in [0.4, 0.5) is 0 Å². The van der Waals surface area contributed by atoms with Gasteiger partial charge in [0.25, 0.3) is 0 Å². The van der Waals surface area contributed by atoms with Crippen LogP contribution >= 0.6 is 11.3 Å². The van der Waals surface area contributed by atoms with Crippen LogP contribution in [0.3, 0.4) is 0 Å². The Morgan fingerprint density at radius 2 is 1.95 bits per heavy atom. The van der Waals surface area contributed by atoms with Gasteiger partial charge in [0.05, 0.1) is 17.9 Å². The molecule has 0 fully saturated rings. The van der Waals surface area contributed by atoms with Gasteiger partial charge in [-0.15, -0.1) is 11.3 Å². The Morgan fingerprint density at radius 1 is 1.29 bits per heavy atom. The molecule has 1 aliphatic carbocycles. The number of amides is 1. The van der Waals surface area contributed by atoms with Crippen molar-refractivity contribution in [1.82, 2.24) is 5.32 Å². The van der Waals surface area contributed by atoms with Crippen molar-refractivity contribution in [3.05, 3.63) is 34.5 Å². The molecule has 21 heavy (non-hydrogen) atoms. The van der Waals surface area contributed by atoms with Crippen LogP contribution in [0.25, 0.3) is 0 Å². The normalized spacial score (nSPS) is 23.0. The zero-order chi connectivity index (χ0) is 15.4. The van der Waals surface area contributed by atoms with Gasteiger partial charge < -0.3 is 10.4 Å². The maximum absolute atomic E-state index is 12.5. The summed E-state index contributed by atoms with van der Waals surface area (Å²) >= 11 is 1.61. The van der Waals surface area contributed by atoms with E-state index in [2.05, 4.69) is 19.2 Å². The van der Waals surface area contributed by atoms with Gasteiger partial charge in [-0.2, -0.15) is 0 Å². The Bertz CT molecular complexity index is 522. The Kier molecular flexibility index (Phi) is 5.17. The maximum atomic E-state index is 12.5. The van der Waals surface area contributed by atoms with Crippen LogP contribution in [0, 0.1) is 17.8 Å². The second-order valence-electron chi connectivity index (χ2n) is 5.74. The van der Waals surface area contributed by atoms with E-state index in [1.54, 1.807) is 11.3 Å². The molecule has 1 aromatic heterocycles. The van der Waals surface area contributed by atoms with Crippen molar-refractivity contribution in [2.75, 3.05) is 0 Å². The molecule has 5 heteroatoms. The average Bonchev–Trinajstić information content (AvgIpc) is 2.97. The molecule has 0 aromatic carbocycles. The van der Waals surface area contributed by atoms with Gasteiger partial charge in [0.15, 0.2) is 0 Å². The van der Waals surface area contributed by atoms with Gasteiger partial charge in [-0.05, 0) is 30.2 Å². The van der Waals surface area contributed by atoms with Crippen LogP contribution in [0.5, 0.6) is 0 Å². The largest absolute Gasteiger partial charge is 0.481 e. The van der Waals surface area contributed by atoms with E-state index in [9.17, 15) is 14.7 Å². The molecular formula is C16H21NO3S. The number of carbonyl (C=O) groups excluding carboxylic acids is 1. The van der Waals surface area contributed by atoms with Crippen LogP contribution in [0.2, 0.25) is 0 Å². The second-order valence-corrected chi connectivity index (χ2v) is 6.72. The highest BCUT2D eigenvalue weighted by Crippen LogP contribution is 2.30. The summed E-state index contributed by atoms with van der Waals surface area (Å²) in [6.07, 6.45) is 4.68. The molecule has 0 aliphatic heterocycles. The van der Waals surface area contributed by atoms with Gasteiger partial charge in [0.1, 0.15) is 0 Å². The molecule has 4 nitrogen and oxygen atoms in total. The molecule has 0 saturated heterocycles. The predicted molar refractivity (Wildman–Crippen MR) is 83.0 cm³/mol. The minimum Gasteiger partial charge on any atom is -0.481 e. The minimum absolute atomic E-state index is 0.0575. The molecule has 1 aromatic rings. The molecule has 1 amide bonds. The fourth-order valence-electron chi connectivity index (χ4n) is 2.67. The third-order valence-corrected chi connectivity index (χ3v) is 4.86. The average molecular weight is 307 g/mol. The Hall–Kier alpha value is -1.62. The van der Waals surface area contributed by atoms with Crippen molar-refractivity contribution >= 4 is 23.2 Å². The Morgan fingerprint density at radius 3 is 2.48 bits per heavy atom. The first-order chi connectivity index (χ1) is 10.0. The number of rotatable bonds is 5. The monoisotopic (exact) mass is 307 g/mol. The Balaban J connectivity index is 2.11. The molecule has 2 N–H and O–H groups in total. The molecule has 1 heterocycles. The van der Waals surface area contributed by atoms with E-state index in [-0.39, 0.29) is 17.9 Å². The highest BCUT2D eigenvalue weighted by atomic mass is 32.1. The first-order valence-electron chi connectivity index (χ1n) is 7.22. The third kappa shape index (κ3) is 3.73. The van der Waals surface area contributed by atoms with E-state index in [1.165, 1.54) is 0 Å². The van der Waals surface area contributed by atoms with Gasteiger partial charge in [-0.3, -0.25) is 9.59 Å². The van der Waals surface area contributed by atoms with Gasteiger partial charge in [0, 0.05) is 4.88 Å². The summed E-state index contributed by atoms with van der Waals surface area (Å²) in [5, 5.41) is 14.3. The number of carboxylic acids is 1. The van der Waals surface area contributed by atoms with E-state index in [0.29, 0.717) is 12.8 Å². The van der Waals surface area contributed by atoms with Gasteiger partial charge in [0.2, 0.25) is 5.91 Å². The zero-order valence-electron chi connectivity index (χ0n) is 12.3. The summed E-state index contributed by atoms with van der Waals surface area (Å²) in [6, 6.07) is 3.91. The van der Waals surface area contributed by atoms with E-state index in [1.807, 2.05) is 29.7 Å². The summed E-state index contributed by atoms with van der Waals surface area (Å²) in [6.45, 7) is 4.11. The van der Waals surface area contributed by atoms with Crippen LogP contribution in [-0.4, -0.2) is 17.0 Å². The number of carbonyl (C=O) groups is 2. The fraction of sp³-hybridized carbons (Fsp3) is 0.500. The van der Waals surface area contributed by atoms with Crippen LogP contribution in [0.1, 0.15) is 37.6 Å². The number of carboxylic acid groups (broad SMARTS) is 1. The molecule has 1 aliphatic rings. The van der Waals surface area contributed by atoms with Crippen molar-refractivity contribution in [3.8, 4) is 0 Å². The molecule has 0 bridgehead atoms. The minimum atomic E-state index is -0.892. The molecule has 0 spiro atoms. The molecule has 1 unspecified atom stereocenters. The van der Waals surface area contributed by atoms with E-state index < -0.39 is 17.8 Å². The third-order valence-electron chi connectivity index (χ3n) is 3.90. The van der Waals surface area contributed by atoms with E-state index >= 15 is 0 Å². The first kappa shape index (κ1) is 15.8. The van der Waals surface area contributed by atoms with Crippen molar-refractivity contribution in [1.29, 1.82) is 0 Å². The number of hydrogen-bond donors (Lipinski definition) is 2. The SMILES string of the molecule is CC(C)C(NC(=O)[C@@H]1CC=CC[C@@H]1C(=O)O)c1cccs1. The lowest BCUT2D eigenvalue weighted by Gasteiger charge is -2.28. The second kappa shape index (κ2) is 6.89. The van der Waals surface area contributed by atoms with Gasteiger partial charge in [-0.1, -0.05) is 32.1 Å². The molecule has 114 valence electrons. The number of allylic oxidation sites excluding steroid dienone is 2. The highest BCUT2D eigenvalue weighted by molar-refractivity contribution is 7.10. The molecular weight excluding hydrogens is 286 g/mol. The predicted octanol–water partition coefficient (Wildman–Crippen LogP) is 3.23. The molecule has 3 atom stereocenters. The summed E-state index contributed by atoms with van der Waals surface area (Å²) in [5.41, 5.74) is 0. The summed E-state index contributed by atoms with van der Waals surface area (Å²) < 4.78 is 0. The number of aliphatic carboxylic acids is 1. The highest BCUT2D eigenvalue weighted by Gasteiger charge is 2.35. The maximum Gasteiger partial charge on any atom is 0.307 e.